The van der Waals surface area contributed by atoms with Gasteiger partial charge < -0.3 is 10.0 Å². The van der Waals surface area contributed by atoms with Crippen LogP contribution in [0, 0.1) is 0 Å². The maximum atomic E-state index is 12.0. The van der Waals surface area contributed by atoms with Crippen molar-refractivity contribution in [1.82, 2.24) is 4.90 Å². The molecule has 5 heteroatoms. The van der Waals surface area contributed by atoms with Gasteiger partial charge >= 0.3 is 5.97 Å². The van der Waals surface area contributed by atoms with Crippen LogP contribution in [0.3, 0.4) is 0 Å². The van der Waals surface area contributed by atoms with Gasteiger partial charge in [0.05, 0.1) is 0 Å². The molecule has 1 N–H and O–H groups in total. The Morgan fingerprint density at radius 3 is 2.45 bits per heavy atom. The lowest BCUT2D eigenvalue weighted by Crippen LogP contribution is -2.43. The molecule has 20 heavy (non-hydrogen) atoms. The van der Waals surface area contributed by atoms with Crippen LogP contribution in [0.5, 0.6) is 0 Å². The summed E-state index contributed by atoms with van der Waals surface area (Å²) < 4.78 is 0. The highest BCUT2D eigenvalue weighted by Crippen LogP contribution is 2.11. The largest absolute Gasteiger partial charge is 0.480 e. The fraction of sp³-hybridized carbons (Fsp3) is 0.467. The number of carbonyl (C=O) groups excluding carboxylic acids is 1. The van der Waals surface area contributed by atoms with E-state index in [4.69, 9.17) is 0 Å². The number of benzene rings is 1. The van der Waals surface area contributed by atoms with Crippen LogP contribution < -0.4 is 0 Å². The Bertz CT molecular complexity index is 436. The number of alkyl halides is 1. The van der Waals surface area contributed by atoms with Gasteiger partial charge in [0.1, 0.15) is 6.04 Å². The van der Waals surface area contributed by atoms with Crippen LogP contribution in [0.4, 0.5) is 0 Å². The molecule has 0 saturated heterocycles. The van der Waals surface area contributed by atoms with Crippen molar-refractivity contribution in [3.05, 3.63) is 35.9 Å². The maximum Gasteiger partial charge on any atom is 0.326 e. The molecule has 1 atom stereocenters. The number of nitrogens with zero attached hydrogens (tertiary/aromatic N) is 1. The predicted octanol–water partition coefficient (Wildman–Crippen LogP) is 2.71. The summed E-state index contributed by atoms with van der Waals surface area (Å²) >= 11 is 3.31. The van der Waals surface area contributed by atoms with E-state index in [2.05, 4.69) is 15.9 Å². The fourth-order valence-electron chi connectivity index (χ4n) is 1.95. The van der Waals surface area contributed by atoms with Gasteiger partial charge in [-0.2, -0.15) is 0 Å². The molecule has 0 unspecified atom stereocenters. The standard InChI is InChI=1S/C15H20BrNO3/c1-17(14(18)9-5-6-10-16)13(15(19)20)11-12-7-3-2-4-8-12/h2-4,7-8,13H,5-6,9-11H2,1H3,(H,19,20)/t13-/m0/s1. The monoisotopic (exact) mass is 341 g/mol. The molecule has 1 aromatic rings. The number of carboxylic acids is 1. The van der Waals surface area contributed by atoms with Crippen molar-refractivity contribution in [2.24, 2.45) is 0 Å². The zero-order chi connectivity index (χ0) is 15.0. The van der Waals surface area contributed by atoms with E-state index >= 15 is 0 Å². The van der Waals surface area contributed by atoms with Gasteiger partial charge in [0.15, 0.2) is 0 Å². The van der Waals surface area contributed by atoms with E-state index in [1.54, 1.807) is 7.05 Å². The van der Waals surface area contributed by atoms with Crippen LogP contribution in [0.2, 0.25) is 0 Å². The molecule has 0 aliphatic rings. The summed E-state index contributed by atoms with van der Waals surface area (Å²) in [5.41, 5.74) is 0.917. The van der Waals surface area contributed by atoms with Crippen LogP contribution in [0.15, 0.2) is 30.3 Å². The molecule has 1 aromatic carbocycles. The van der Waals surface area contributed by atoms with Crippen molar-refractivity contribution >= 4 is 27.8 Å². The lowest BCUT2D eigenvalue weighted by Gasteiger charge is -2.25. The van der Waals surface area contributed by atoms with Gasteiger partial charge in [-0.25, -0.2) is 4.79 Å². The van der Waals surface area contributed by atoms with Crippen molar-refractivity contribution in [1.29, 1.82) is 0 Å². The summed E-state index contributed by atoms with van der Waals surface area (Å²) in [5.74, 6) is -1.08. The summed E-state index contributed by atoms with van der Waals surface area (Å²) in [6, 6.07) is 8.55. The van der Waals surface area contributed by atoms with Gasteiger partial charge in [0.2, 0.25) is 5.91 Å². The average Bonchev–Trinajstić information content (AvgIpc) is 2.45. The van der Waals surface area contributed by atoms with Gasteiger partial charge in [0.25, 0.3) is 0 Å². The molecule has 1 rings (SSSR count). The van der Waals surface area contributed by atoms with E-state index in [0.29, 0.717) is 12.8 Å². The zero-order valence-corrected chi connectivity index (χ0v) is 13.2. The molecule has 0 heterocycles. The molecule has 0 radical (unpaired) electrons. The lowest BCUT2D eigenvalue weighted by atomic mass is 10.0. The van der Waals surface area contributed by atoms with E-state index in [1.807, 2.05) is 30.3 Å². The third-order valence-electron chi connectivity index (χ3n) is 3.19. The summed E-state index contributed by atoms with van der Waals surface area (Å²) in [6.45, 7) is 0. The summed E-state index contributed by atoms with van der Waals surface area (Å²) in [4.78, 5) is 24.7. The van der Waals surface area contributed by atoms with Crippen LogP contribution in [0.25, 0.3) is 0 Å². The summed E-state index contributed by atoms with van der Waals surface area (Å²) in [7, 11) is 1.57. The van der Waals surface area contributed by atoms with Gasteiger partial charge in [-0.1, -0.05) is 46.3 Å². The Labute approximate surface area is 127 Å². The highest BCUT2D eigenvalue weighted by atomic mass is 79.9. The highest BCUT2D eigenvalue weighted by Gasteiger charge is 2.26. The molecule has 0 aromatic heterocycles. The van der Waals surface area contributed by atoms with Crippen LogP contribution in [-0.2, 0) is 16.0 Å². The van der Waals surface area contributed by atoms with Crippen molar-refractivity contribution in [2.75, 3.05) is 12.4 Å². The van der Waals surface area contributed by atoms with Crippen LogP contribution in [0.1, 0.15) is 24.8 Å². The first-order valence-corrected chi connectivity index (χ1v) is 7.76. The Kier molecular flexibility index (Phi) is 7.30. The number of amides is 1. The smallest absolute Gasteiger partial charge is 0.326 e. The van der Waals surface area contributed by atoms with E-state index in [0.717, 1.165) is 23.7 Å². The second-order valence-electron chi connectivity index (χ2n) is 4.69. The normalized spacial score (nSPS) is 11.9. The van der Waals surface area contributed by atoms with Gasteiger partial charge in [-0.3, -0.25) is 4.79 Å². The molecule has 0 spiro atoms. The highest BCUT2D eigenvalue weighted by molar-refractivity contribution is 9.09. The number of halogens is 1. The summed E-state index contributed by atoms with van der Waals surface area (Å²) in [5, 5.41) is 10.2. The number of hydrogen-bond donors (Lipinski definition) is 1. The lowest BCUT2D eigenvalue weighted by molar-refractivity contribution is -0.149. The minimum Gasteiger partial charge on any atom is -0.480 e. The Balaban J connectivity index is 2.65. The first kappa shape index (κ1) is 16.7. The molecular formula is C15H20BrNO3. The molecule has 0 saturated carbocycles. The van der Waals surface area contributed by atoms with Crippen molar-refractivity contribution < 1.29 is 14.7 Å². The van der Waals surface area contributed by atoms with Crippen molar-refractivity contribution in [3.8, 4) is 0 Å². The number of hydrogen-bond acceptors (Lipinski definition) is 2. The maximum absolute atomic E-state index is 12.0. The number of carboxylic acid groups (broad SMARTS) is 1. The topological polar surface area (TPSA) is 57.6 Å². The van der Waals surface area contributed by atoms with E-state index < -0.39 is 12.0 Å². The predicted molar refractivity (Wildman–Crippen MR) is 82.0 cm³/mol. The number of unbranched alkanes of at least 4 members (excludes halogenated alkanes) is 1. The SMILES string of the molecule is CN(C(=O)CCCCBr)[C@@H](Cc1ccccc1)C(=O)O. The summed E-state index contributed by atoms with van der Waals surface area (Å²) in [6.07, 6.45) is 2.40. The van der Waals surface area contributed by atoms with E-state index in [-0.39, 0.29) is 5.91 Å². The number of carbonyl (C=O) groups is 2. The fourth-order valence-corrected chi connectivity index (χ4v) is 2.34. The van der Waals surface area contributed by atoms with E-state index in [1.165, 1.54) is 4.90 Å². The zero-order valence-electron chi connectivity index (χ0n) is 11.6. The molecule has 0 aliphatic heterocycles. The molecule has 0 fully saturated rings. The minimum atomic E-state index is -0.967. The first-order valence-electron chi connectivity index (χ1n) is 6.64. The molecular weight excluding hydrogens is 322 g/mol. The average molecular weight is 342 g/mol. The Morgan fingerprint density at radius 1 is 1.25 bits per heavy atom. The molecule has 1 amide bonds. The van der Waals surface area contributed by atoms with Gasteiger partial charge in [0, 0.05) is 25.2 Å². The number of aliphatic carboxylic acids is 1. The minimum absolute atomic E-state index is 0.116. The van der Waals surface area contributed by atoms with Gasteiger partial charge in [-0.05, 0) is 18.4 Å². The van der Waals surface area contributed by atoms with Crippen molar-refractivity contribution in [3.63, 3.8) is 0 Å². The Morgan fingerprint density at radius 2 is 1.90 bits per heavy atom. The van der Waals surface area contributed by atoms with Gasteiger partial charge in [-0.15, -0.1) is 0 Å². The second-order valence-corrected chi connectivity index (χ2v) is 5.49. The third kappa shape index (κ3) is 5.33. The Hall–Kier alpha value is -1.36. The molecule has 110 valence electrons. The third-order valence-corrected chi connectivity index (χ3v) is 3.75. The van der Waals surface area contributed by atoms with Crippen LogP contribution >= 0.6 is 15.9 Å². The second kappa shape index (κ2) is 8.74. The molecule has 0 bridgehead atoms. The quantitative estimate of drug-likeness (QED) is 0.584. The van der Waals surface area contributed by atoms with Crippen molar-refractivity contribution in [2.45, 2.75) is 31.7 Å². The molecule has 0 aliphatic carbocycles. The first-order chi connectivity index (χ1) is 9.56. The number of likely N-dealkylation sites (N-methyl/N-ethyl adjacent to an activating group) is 1. The molecule has 4 nitrogen and oxygen atoms in total. The van der Waals surface area contributed by atoms with E-state index in [9.17, 15) is 14.7 Å². The number of rotatable bonds is 8. The van der Waals surface area contributed by atoms with Crippen LogP contribution in [-0.4, -0.2) is 40.3 Å².